The van der Waals surface area contributed by atoms with E-state index in [-0.39, 0.29) is 11.9 Å². The lowest BCUT2D eigenvalue weighted by molar-refractivity contribution is -0.159. The molecule has 1 aromatic heterocycles. The van der Waals surface area contributed by atoms with Crippen LogP contribution in [0.1, 0.15) is 29.5 Å². The van der Waals surface area contributed by atoms with Gasteiger partial charge in [0, 0.05) is 12.0 Å². The molecule has 0 bridgehead atoms. The molecule has 0 saturated heterocycles. The average Bonchev–Trinajstić information content (AvgIpc) is 3.38. The molecule has 0 amide bonds. The molecule has 144 valence electrons. The first-order chi connectivity index (χ1) is 13.4. The second-order valence-electron chi connectivity index (χ2n) is 6.11. The Balaban J connectivity index is 1.46. The van der Waals surface area contributed by atoms with Crippen LogP contribution in [-0.4, -0.2) is 23.0 Å². The summed E-state index contributed by atoms with van der Waals surface area (Å²) in [6, 6.07) is 14.2. The van der Waals surface area contributed by atoms with Gasteiger partial charge < -0.3 is 14.1 Å². The standard InChI is InChI=1S/C19H14F3N3O3/c1-26-14-8-6-12(7-9-14)16-10-15(24-27-16)11-2-4-13(5-3-11)17-23-18(28-25-17)19(20,21)22/h2-9,16H,10H2,1H3. The lowest BCUT2D eigenvalue weighted by Gasteiger charge is -2.09. The number of alkyl halides is 3. The summed E-state index contributed by atoms with van der Waals surface area (Å²) in [7, 11) is 1.60. The van der Waals surface area contributed by atoms with Gasteiger partial charge in [-0.3, -0.25) is 0 Å². The Morgan fingerprint density at radius 3 is 2.29 bits per heavy atom. The number of hydrogen-bond donors (Lipinski definition) is 0. The van der Waals surface area contributed by atoms with Crippen molar-refractivity contribution >= 4 is 5.71 Å². The molecule has 2 aromatic carbocycles. The highest BCUT2D eigenvalue weighted by Gasteiger charge is 2.38. The van der Waals surface area contributed by atoms with Crippen molar-refractivity contribution in [1.29, 1.82) is 0 Å². The maximum Gasteiger partial charge on any atom is 0.471 e. The maximum absolute atomic E-state index is 12.6. The Bertz CT molecular complexity index is 996. The molecule has 0 fully saturated rings. The molecule has 0 N–H and O–H groups in total. The van der Waals surface area contributed by atoms with Gasteiger partial charge in [-0.1, -0.05) is 46.7 Å². The summed E-state index contributed by atoms with van der Waals surface area (Å²) in [4.78, 5) is 8.89. The van der Waals surface area contributed by atoms with Crippen molar-refractivity contribution in [3.63, 3.8) is 0 Å². The third-order valence-electron chi connectivity index (χ3n) is 4.30. The van der Waals surface area contributed by atoms with Crippen molar-refractivity contribution in [1.82, 2.24) is 10.1 Å². The zero-order valence-electron chi connectivity index (χ0n) is 14.6. The number of hydrogen-bond acceptors (Lipinski definition) is 6. The van der Waals surface area contributed by atoms with E-state index in [1.807, 2.05) is 24.3 Å². The Morgan fingerprint density at radius 2 is 1.68 bits per heavy atom. The number of benzene rings is 2. The van der Waals surface area contributed by atoms with Crippen LogP contribution in [0.5, 0.6) is 5.75 Å². The van der Waals surface area contributed by atoms with E-state index in [4.69, 9.17) is 9.57 Å². The van der Waals surface area contributed by atoms with Crippen LogP contribution in [0, 0.1) is 0 Å². The summed E-state index contributed by atoms with van der Waals surface area (Å²) < 4.78 is 47.1. The van der Waals surface area contributed by atoms with E-state index in [2.05, 4.69) is 19.8 Å². The second-order valence-corrected chi connectivity index (χ2v) is 6.11. The summed E-state index contributed by atoms with van der Waals surface area (Å²) in [6.45, 7) is 0. The van der Waals surface area contributed by atoms with Crippen LogP contribution in [0.15, 0.2) is 58.2 Å². The molecular formula is C19H14F3N3O3. The van der Waals surface area contributed by atoms with Gasteiger partial charge in [-0.05, 0) is 23.3 Å². The van der Waals surface area contributed by atoms with Gasteiger partial charge in [-0.15, -0.1) is 0 Å². The molecule has 0 spiro atoms. The molecule has 1 aliphatic heterocycles. The Kier molecular flexibility index (Phi) is 4.50. The Hall–Kier alpha value is -3.36. The van der Waals surface area contributed by atoms with Crippen LogP contribution in [0.25, 0.3) is 11.4 Å². The van der Waals surface area contributed by atoms with Crippen LogP contribution in [-0.2, 0) is 11.0 Å². The molecule has 9 heteroatoms. The first kappa shape index (κ1) is 18.0. The monoisotopic (exact) mass is 389 g/mol. The predicted octanol–water partition coefficient (Wildman–Crippen LogP) is 4.63. The van der Waals surface area contributed by atoms with Crippen molar-refractivity contribution in [3.05, 3.63) is 65.5 Å². The van der Waals surface area contributed by atoms with Gasteiger partial charge in [0.1, 0.15) is 5.75 Å². The average molecular weight is 389 g/mol. The van der Waals surface area contributed by atoms with Gasteiger partial charge in [0.05, 0.1) is 12.8 Å². The van der Waals surface area contributed by atoms with Crippen molar-refractivity contribution in [2.75, 3.05) is 7.11 Å². The highest BCUT2D eigenvalue weighted by molar-refractivity contribution is 6.01. The van der Waals surface area contributed by atoms with Gasteiger partial charge >= 0.3 is 12.1 Å². The van der Waals surface area contributed by atoms with Crippen molar-refractivity contribution < 1.29 is 27.3 Å². The summed E-state index contributed by atoms with van der Waals surface area (Å²) >= 11 is 0. The molecule has 6 nitrogen and oxygen atoms in total. The van der Waals surface area contributed by atoms with Crippen LogP contribution in [0.3, 0.4) is 0 Å². The normalized spacial score (nSPS) is 16.6. The minimum atomic E-state index is -4.67. The fraction of sp³-hybridized carbons (Fsp3) is 0.211. The molecule has 0 aliphatic carbocycles. The molecule has 2 heterocycles. The van der Waals surface area contributed by atoms with E-state index in [1.165, 1.54) is 0 Å². The second kappa shape index (κ2) is 6.99. The molecule has 4 rings (SSSR count). The number of oxime groups is 1. The highest BCUT2D eigenvalue weighted by atomic mass is 19.4. The van der Waals surface area contributed by atoms with Crippen LogP contribution >= 0.6 is 0 Å². The largest absolute Gasteiger partial charge is 0.497 e. The molecule has 28 heavy (non-hydrogen) atoms. The predicted molar refractivity (Wildman–Crippen MR) is 92.7 cm³/mol. The zero-order valence-corrected chi connectivity index (χ0v) is 14.6. The van der Waals surface area contributed by atoms with E-state index in [1.54, 1.807) is 31.4 Å². The van der Waals surface area contributed by atoms with Crippen LogP contribution in [0.4, 0.5) is 13.2 Å². The zero-order chi connectivity index (χ0) is 19.7. The van der Waals surface area contributed by atoms with E-state index in [0.29, 0.717) is 12.0 Å². The first-order valence-corrected chi connectivity index (χ1v) is 8.32. The number of halogens is 3. The molecule has 1 unspecified atom stereocenters. The number of rotatable bonds is 4. The van der Waals surface area contributed by atoms with Crippen LogP contribution < -0.4 is 4.74 Å². The van der Waals surface area contributed by atoms with Crippen molar-refractivity contribution in [2.24, 2.45) is 5.16 Å². The minimum Gasteiger partial charge on any atom is -0.497 e. The van der Waals surface area contributed by atoms with Crippen molar-refractivity contribution in [3.8, 4) is 17.1 Å². The fourth-order valence-electron chi connectivity index (χ4n) is 2.81. The van der Waals surface area contributed by atoms with E-state index in [0.717, 1.165) is 22.6 Å². The molecule has 3 aromatic rings. The minimum absolute atomic E-state index is 0.125. The molecule has 0 radical (unpaired) electrons. The number of aromatic nitrogens is 2. The van der Waals surface area contributed by atoms with Crippen molar-refractivity contribution in [2.45, 2.75) is 18.7 Å². The Morgan fingerprint density at radius 1 is 1.00 bits per heavy atom. The smallest absolute Gasteiger partial charge is 0.471 e. The molecule has 0 saturated carbocycles. The van der Waals surface area contributed by atoms with E-state index < -0.39 is 12.1 Å². The lowest BCUT2D eigenvalue weighted by atomic mass is 9.99. The van der Waals surface area contributed by atoms with Gasteiger partial charge in [0.2, 0.25) is 5.82 Å². The number of nitrogens with zero attached hydrogens (tertiary/aromatic N) is 3. The van der Waals surface area contributed by atoms with E-state index >= 15 is 0 Å². The van der Waals surface area contributed by atoms with Gasteiger partial charge in [0.15, 0.2) is 6.10 Å². The van der Waals surface area contributed by atoms with Gasteiger partial charge in [-0.2, -0.15) is 18.2 Å². The van der Waals surface area contributed by atoms with Gasteiger partial charge in [0.25, 0.3) is 0 Å². The summed E-state index contributed by atoms with van der Waals surface area (Å²) in [5, 5.41) is 7.51. The highest BCUT2D eigenvalue weighted by Crippen LogP contribution is 2.32. The fourth-order valence-corrected chi connectivity index (χ4v) is 2.81. The quantitative estimate of drug-likeness (QED) is 0.651. The van der Waals surface area contributed by atoms with E-state index in [9.17, 15) is 13.2 Å². The molecule has 1 aliphatic rings. The van der Waals surface area contributed by atoms with Gasteiger partial charge in [-0.25, -0.2) is 0 Å². The third kappa shape index (κ3) is 3.55. The lowest BCUT2D eigenvalue weighted by Crippen LogP contribution is -2.04. The Labute approximate surface area is 157 Å². The number of ether oxygens (including phenoxy) is 1. The summed E-state index contributed by atoms with van der Waals surface area (Å²) in [5.41, 5.74) is 2.94. The summed E-state index contributed by atoms with van der Waals surface area (Å²) in [5.74, 6) is -0.740. The van der Waals surface area contributed by atoms with Crippen LogP contribution in [0.2, 0.25) is 0 Å². The topological polar surface area (TPSA) is 69.7 Å². The molecule has 1 atom stereocenters. The molecular weight excluding hydrogens is 375 g/mol. The summed E-state index contributed by atoms with van der Waals surface area (Å²) in [6.07, 6.45) is -4.30. The SMILES string of the molecule is COc1ccc(C2CC(c3ccc(-c4noc(C(F)(F)F)n4)cc3)=NO2)cc1. The third-order valence-corrected chi connectivity index (χ3v) is 4.30. The first-order valence-electron chi connectivity index (χ1n) is 8.32. The number of methoxy groups -OCH3 is 1. The maximum atomic E-state index is 12.6.